The summed E-state index contributed by atoms with van der Waals surface area (Å²) in [7, 11) is 3.12. The van der Waals surface area contributed by atoms with Crippen LogP contribution in [0.5, 0.6) is 0 Å². The van der Waals surface area contributed by atoms with Gasteiger partial charge in [0.15, 0.2) is 0 Å². The third-order valence-electron chi connectivity index (χ3n) is 8.04. The monoisotopic (exact) mass is 642 g/mol. The van der Waals surface area contributed by atoms with E-state index in [1.165, 1.54) is 13.0 Å². The van der Waals surface area contributed by atoms with Crippen molar-refractivity contribution in [2.45, 2.75) is 108 Å². The molecule has 0 radical (unpaired) electrons. The Balaban J connectivity index is 1.26. The Morgan fingerprint density at radius 3 is 2.63 bits per heavy atom. The molecule has 0 spiro atoms. The number of esters is 1. The minimum Gasteiger partial charge on any atom is -0.463 e. The number of carbonyl (C=O) groups is 3. The van der Waals surface area contributed by atoms with E-state index in [0.29, 0.717) is 25.7 Å². The van der Waals surface area contributed by atoms with E-state index in [1.54, 1.807) is 28.5 Å². The van der Waals surface area contributed by atoms with Gasteiger partial charge in [-0.05, 0) is 44.6 Å². The van der Waals surface area contributed by atoms with Crippen LogP contribution in [0.1, 0.15) is 65.7 Å². The highest BCUT2D eigenvalue weighted by molar-refractivity contribution is 8.78. The standard InChI is InChI=1S/C30H46N2O9S2/c1-17(19(3)33)10-9-11-20-15-41-28(27(38)26(20)37)25(36)18(2)14-23(35)40-13-8-6-4-5-7-12-22(34)32-24-29-21(16-42-43-29)31-30(24)39/h9-10,14,16-17,19-20,24-29,33,36-38H,4-8,11-13,15H2,1-3H3,(H,31,39)(H,32,34)/b10-9+,18-14+/t17-,19+,20+,24?,25-,26-,27-,28+,29?/m1/s1. The van der Waals surface area contributed by atoms with Crippen molar-refractivity contribution >= 4 is 39.4 Å². The van der Waals surface area contributed by atoms with E-state index in [1.807, 2.05) is 24.5 Å². The van der Waals surface area contributed by atoms with Gasteiger partial charge in [-0.3, -0.25) is 9.59 Å². The Kier molecular flexibility index (Phi) is 14.6. The zero-order chi connectivity index (χ0) is 31.5. The lowest BCUT2D eigenvalue weighted by atomic mass is 9.86. The highest BCUT2D eigenvalue weighted by atomic mass is 33.1. The number of amides is 2. The van der Waals surface area contributed by atoms with Crippen LogP contribution in [-0.2, 0) is 23.9 Å². The first-order chi connectivity index (χ1) is 20.5. The van der Waals surface area contributed by atoms with Gasteiger partial charge < -0.3 is 40.5 Å². The summed E-state index contributed by atoms with van der Waals surface area (Å²) in [4.78, 5) is 36.5. The van der Waals surface area contributed by atoms with Crippen molar-refractivity contribution in [1.29, 1.82) is 0 Å². The molecular weight excluding hydrogens is 596 g/mol. The quantitative estimate of drug-likeness (QED) is 0.0478. The van der Waals surface area contributed by atoms with E-state index in [-0.39, 0.29) is 47.7 Å². The van der Waals surface area contributed by atoms with E-state index in [4.69, 9.17) is 9.47 Å². The van der Waals surface area contributed by atoms with Crippen LogP contribution in [0.15, 0.2) is 34.9 Å². The number of carbonyl (C=O) groups excluding carboxylic acids is 3. The topological polar surface area (TPSA) is 175 Å². The summed E-state index contributed by atoms with van der Waals surface area (Å²) in [6, 6.07) is -0.518. The Bertz CT molecular complexity index is 1050. The second-order valence-corrected chi connectivity index (χ2v) is 13.8. The van der Waals surface area contributed by atoms with Crippen molar-refractivity contribution in [2.75, 3.05) is 13.2 Å². The minimum absolute atomic E-state index is 0.0374. The maximum absolute atomic E-state index is 12.3. The van der Waals surface area contributed by atoms with Crippen LogP contribution in [0.2, 0.25) is 0 Å². The van der Waals surface area contributed by atoms with Gasteiger partial charge in [-0.25, -0.2) is 4.79 Å². The van der Waals surface area contributed by atoms with Crippen molar-refractivity contribution in [1.82, 2.24) is 10.6 Å². The van der Waals surface area contributed by atoms with Gasteiger partial charge in [0.2, 0.25) is 11.8 Å². The molecule has 2 unspecified atom stereocenters. The Morgan fingerprint density at radius 1 is 1.16 bits per heavy atom. The fraction of sp³-hybridized carbons (Fsp3) is 0.700. The largest absolute Gasteiger partial charge is 0.463 e. The Hall–Kier alpha value is -1.87. The van der Waals surface area contributed by atoms with E-state index in [9.17, 15) is 34.8 Å². The maximum atomic E-state index is 12.3. The van der Waals surface area contributed by atoms with E-state index in [2.05, 4.69) is 10.6 Å². The van der Waals surface area contributed by atoms with Crippen molar-refractivity contribution in [3.8, 4) is 0 Å². The molecule has 242 valence electrons. The number of rotatable bonds is 16. The zero-order valence-electron chi connectivity index (χ0n) is 25.0. The molecule has 3 aliphatic rings. The van der Waals surface area contributed by atoms with Crippen LogP contribution in [-0.4, -0.2) is 93.2 Å². The van der Waals surface area contributed by atoms with Gasteiger partial charge in [-0.2, -0.15) is 0 Å². The van der Waals surface area contributed by atoms with Gasteiger partial charge >= 0.3 is 5.97 Å². The zero-order valence-corrected chi connectivity index (χ0v) is 26.6. The van der Waals surface area contributed by atoms with Crippen LogP contribution in [0.4, 0.5) is 0 Å². The van der Waals surface area contributed by atoms with Crippen LogP contribution in [0.25, 0.3) is 0 Å². The number of fused-ring (bicyclic) bond motifs is 1. The SMILES string of the molecule is C/C(=C\C(=O)OCCCCCCCC(=O)NC1C(=O)NC2=CSSC21)[C@@H](O)[C@@H]1OC[C@H](C/C=C/[C@@H](C)[C@H](C)O)[C@@H](O)[C@H]1O. The summed E-state index contributed by atoms with van der Waals surface area (Å²) < 4.78 is 10.9. The summed E-state index contributed by atoms with van der Waals surface area (Å²) in [6.07, 6.45) is 4.27. The molecule has 2 amide bonds. The second kappa shape index (κ2) is 17.6. The number of ether oxygens (including phenoxy) is 2. The fourth-order valence-corrected chi connectivity index (χ4v) is 7.61. The summed E-state index contributed by atoms with van der Waals surface area (Å²) in [5, 5.41) is 48.9. The summed E-state index contributed by atoms with van der Waals surface area (Å²) in [5.74, 6) is -1.30. The van der Waals surface area contributed by atoms with Gasteiger partial charge in [0.25, 0.3) is 0 Å². The molecule has 0 bridgehead atoms. The Morgan fingerprint density at radius 2 is 1.88 bits per heavy atom. The van der Waals surface area contributed by atoms with Gasteiger partial charge in [-0.15, -0.1) is 0 Å². The molecule has 9 atom stereocenters. The highest BCUT2D eigenvalue weighted by Gasteiger charge is 2.43. The normalized spacial score (nSPS) is 29.5. The predicted octanol–water partition coefficient (Wildman–Crippen LogP) is 2.10. The highest BCUT2D eigenvalue weighted by Crippen LogP contribution is 2.43. The lowest BCUT2D eigenvalue weighted by Gasteiger charge is -2.39. The number of hydrogen-bond acceptors (Lipinski definition) is 11. The molecule has 43 heavy (non-hydrogen) atoms. The van der Waals surface area contributed by atoms with Gasteiger partial charge in [0, 0.05) is 29.5 Å². The van der Waals surface area contributed by atoms with Crippen molar-refractivity contribution in [3.05, 3.63) is 34.9 Å². The lowest BCUT2D eigenvalue weighted by Crippen LogP contribution is -2.54. The van der Waals surface area contributed by atoms with Crippen molar-refractivity contribution in [2.24, 2.45) is 11.8 Å². The first-order valence-electron chi connectivity index (χ1n) is 15.0. The van der Waals surface area contributed by atoms with Gasteiger partial charge in [-0.1, -0.05) is 59.9 Å². The van der Waals surface area contributed by atoms with Gasteiger partial charge in [0.05, 0.1) is 30.7 Å². The average Bonchev–Trinajstić information content (AvgIpc) is 3.53. The summed E-state index contributed by atoms with van der Waals surface area (Å²) >= 11 is 0. The van der Waals surface area contributed by atoms with Crippen LogP contribution >= 0.6 is 21.6 Å². The van der Waals surface area contributed by atoms with Crippen molar-refractivity contribution < 1.29 is 44.3 Å². The number of nitrogens with one attached hydrogen (secondary N) is 2. The molecule has 3 rings (SSSR count). The third-order valence-corrected chi connectivity index (χ3v) is 10.5. The molecule has 0 aromatic carbocycles. The predicted molar refractivity (Wildman–Crippen MR) is 165 cm³/mol. The summed E-state index contributed by atoms with van der Waals surface area (Å²) in [5.41, 5.74) is 1.12. The van der Waals surface area contributed by atoms with E-state index >= 15 is 0 Å². The summed E-state index contributed by atoms with van der Waals surface area (Å²) in [6.45, 7) is 5.46. The first kappa shape index (κ1) is 35.6. The van der Waals surface area contributed by atoms with Crippen LogP contribution < -0.4 is 10.6 Å². The Labute approximate surface area is 261 Å². The van der Waals surface area contributed by atoms with Gasteiger partial charge in [0.1, 0.15) is 24.4 Å². The molecular formula is C30H46N2O9S2. The number of aliphatic hydroxyl groups excluding tert-OH is 4. The number of unbranched alkanes of at least 4 members (excludes halogenated alkanes) is 4. The van der Waals surface area contributed by atoms with E-state index < -0.39 is 42.5 Å². The second-order valence-electron chi connectivity index (χ2n) is 11.5. The minimum atomic E-state index is -1.33. The molecule has 0 aromatic heterocycles. The number of hydrogen-bond donors (Lipinski definition) is 6. The molecule has 13 heteroatoms. The molecule has 0 aliphatic carbocycles. The molecule has 11 nitrogen and oxygen atoms in total. The molecule has 6 N–H and O–H groups in total. The lowest BCUT2D eigenvalue weighted by molar-refractivity contribution is -0.187. The first-order valence-corrected chi connectivity index (χ1v) is 17.2. The maximum Gasteiger partial charge on any atom is 0.330 e. The van der Waals surface area contributed by atoms with Crippen molar-refractivity contribution in [3.63, 3.8) is 0 Å². The molecule has 0 saturated carbocycles. The number of allylic oxidation sites excluding steroid dienone is 1. The molecule has 0 aromatic rings. The number of aliphatic hydroxyl groups is 4. The van der Waals surface area contributed by atoms with Crippen LogP contribution in [0.3, 0.4) is 0 Å². The van der Waals surface area contributed by atoms with E-state index in [0.717, 1.165) is 25.0 Å². The average molecular weight is 643 g/mol. The third kappa shape index (κ3) is 10.6. The molecule has 3 aliphatic heterocycles. The smallest absolute Gasteiger partial charge is 0.330 e. The molecule has 2 saturated heterocycles. The fourth-order valence-electron chi connectivity index (χ4n) is 5.02. The molecule has 2 fully saturated rings. The van der Waals surface area contributed by atoms with Crippen LogP contribution in [0, 0.1) is 11.8 Å². The molecule has 3 heterocycles.